The average Bonchev–Trinajstić information content (AvgIpc) is 3.12. The quantitative estimate of drug-likeness (QED) is 0.174. The summed E-state index contributed by atoms with van der Waals surface area (Å²) in [7, 11) is 0. The van der Waals surface area contributed by atoms with Crippen molar-refractivity contribution in [2.24, 2.45) is 11.5 Å². The van der Waals surface area contributed by atoms with Crippen molar-refractivity contribution in [1.29, 1.82) is 0 Å². The van der Waals surface area contributed by atoms with E-state index in [2.05, 4.69) is 23.3 Å². The molecule has 0 saturated carbocycles. The highest BCUT2D eigenvalue weighted by atomic mass is 32.1. The van der Waals surface area contributed by atoms with E-state index >= 15 is 0 Å². The molecule has 12 nitrogen and oxygen atoms in total. The predicted molar refractivity (Wildman–Crippen MR) is 99.0 cm³/mol. The highest BCUT2D eigenvalue weighted by Gasteiger charge is 2.38. The van der Waals surface area contributed by atoms with Crippen molar-refractivity contribution in [1.82, 2.24) is 15.5 Å². The lowest BCUT2D eigenvalue weighted by Gasteiger charge is -2.29. The highest BCUT2D eigenvalue weighted by Crippen LogP contribution is 2.19. The second kappa shape index (κ2) is 10.8. The number of thiol groups is 1. The lowest BCUT2D eigenvalue weighted by atomic mass is 10.1. The van der Waals surface area contributed by atoms with Gasteiger partial charge in [-0.25, -0.2) is 4.79 Å². The first-order valence-corrected chi connectivity index (χ1v) is 9.15. The van der Waals surface area contributed by atoms with Crippen LogP contribution in [0.25, 0.3) is 0 Å². The third-order valence-electron chi connectivity index (χ3n) is 4.19. The molecular weight excluding hydrogens is 394 g/mol. The molecule has 0 aliphatic carbocycles. The zero-order chi connectivity index (χ0) is 21.4. The van der Waals surface area contributed by atoms with E-state index in [0.717, 1.165) is 0 Å². The zero-order valence-corrected chi connectivity index (χ0v) is 15.9. The number of aliphatic hydroxyl groups excluding tert-OH is 1. The van der Waals surface area contributed by atoms with E-state index < -0.39 is 66.8 Å². The first kappa shape index (κ1) is 23.7. The Labute approximate surface area is 166 Å². The molecule has 28 heavy (non-hydrogen) atoms. The molecule has 1 fully saturated rings. The molecule has 13 heteroatoms. The Morgan fingerprint density at radius 1 is 1.18 bits per heavy atom. The monoisotopic (exact) mass is 419 g/mol. The van der Waals surface area contributed by atoms with Gasteiger partial charge in [0.2, 0.25) is 23.6 Å². The maximum absolute atomic E-state index is 12.7. The molecule has 0 radical (unpaired) electrons. The van der Waals surface area contributed by atoms with Gasteiger partial charge in [0.25, 0.3) is 0 Å². The van der Waals surface area contributed by atoms with Crippen molar-refractivity contribution in [3.63, 3.8) is 0 Å². The Bertz CT molecular complexity index is 632. The van der Waals surface area contributed by atoms with Crippen molar-refractivity contribution in [3.8, 4) is 0 Å². The summed E-state index contributed by atoms with van der Waals surface area (Å²) < 4.78 is 0. The number of likely N-dealkylation sites (tertiary alicyclic amines) is 1. The molecule has 0 aromatic rings. The summed E-state index contributed by atoms with van der Waals surface area (Å²) in [4.78, 5) is 60.1. The Morgan fingerprint density at radius 2 is 1.82 bits per heavy atom. The molecule has 0 spiro atoms. The van der Waals surface area contributed by atoms with Gasteiger partial charge in [-0.05, 0) is 12.8 Å². The summed E-state index contributed by atoms with van der Waals surface area (Å²) in [6.07, 6.45) is 0.394. The smallest absolute Gasteiger partial charge is 0.328 e. The summed E-state index contributed by atoms with van der Waals surface area (Å²) in [5, 5.41) is 22.5. The SMILES string of the molecule is NC(=O)CC(N)C(=O)NC(CS)C(=O)N1CCCC1C(=O)NC(CO)C(=O)O. The lowest BCUT2D eigenvalue weighted by molar-refractivity contribution is -0.145. The Kier molecular flexibility index (Phi) is 9.15. The van der Waals surface area contributed by atoms with Gasteiger partial charge >= 0.3 is 5.97 Å². The Hall–Kier alpha value is -2.38. The van der Waals surface area contributed by atoms with Crippen LogP contribution in [0.4, 0.5) is 0 Å². The van der Waals surface area contributed by atoms with E-state index in [9.17, 15) is 24.0 Å². The number of rotatable bonds is 10. The zero-order valence-electron chi connectivity index (χ0n) is 15.0. The molecule has 1 heterocycles. The first-order chi connectivity index (χ1) is 13.1. The van der Waals surface area contributed by atoms with E-state index in [-0.39, 0.29) is 12.3 Å². The molecule has 158 valence electrons. The van der Waals surface area contributed by atoms with E-state index in [1.54, 1.807) is 0 Å². The van der Waals surface area contributed by atoms with Gasteiger partial charge in [0.15, 0.2) is 0 Å². The van der Waals surface area contributed by atoms with Gasteiger partial charge in [-0.1, -0.05) is 0 Å². The van der Waals surface area contributed by atoms with Crippen LogP contribution in [0.5, 0.6) is 0 Å². The number of carboxylic acids is 1. The van der Waals surface area contributed by atoms with Gasteiger partial charge in [0.05, 0.1) is 19.1 Å². The number of carbonyl (C=O) groups is 5. The molecular formula is C15H25N5O7S. The third kappa shape index (κ3) is 6.35. The number of aliphatic carboxylic acids is 1. The number of amides is 4. The number of primary amides is 1. The van der Waals surface area contributed by atoms with Crippen LogP contribution >= 0.6 is 12.6 Å². The fraction of sp³-hybridized carbons (Fsp3) is 0.667. The second-order valence-corrected chi connectivity index (χ2v) is 6.66. The van der Waals surface area contributed by atoms with Crippen LogP contribution in [-0.4, -0.2) is 87.8 Å². The topological polar surface area (TPSA) is 205 Å². The molecule has 0 bridgehead atoms. The molecule has 4 amide bonds. The van der Waals surface area contributed by atoms with Crippen LogP contribution in [0.2, 0.25) is 0 Å². The standard InChI is InChI=1S/C15H25N5O7S/c16-7(4-11(17)22)12(23)19-9(6-28)14(25)20-3-1-2-10(20)13(24)18-8(5-21)15(26)27/h7-10,21,28H,1-6,16H2,(H2,17,22)(H,18,24)(H,19,23)(H,26,27). The van der Waals surface area contributed by atoms with Crippen molar-refractivity contribution in [2.45, 2.75) is 43.4 Å². The van der Waals surface area contributed by atoms with Crippen molar-refractivity contribution in [2.75, 3.05) is 18.9 Å². The molecule has 1 rings (SSSR count). The van der Waals surface area contributed by atoms with Gasteiger partial charge in [-0.15, -0.1) is 0 Å². The maximum atomic E-state index is 12.7. The summed E-state index contributed by atoms with van der Waals surface area (Å²) in [5.41, 5.74) is 10.5. The summed E-state index contributed by atoms with van der Waals surface area (Å²) in [6, 6.07) is -4.76. The molecule has 0 aromatic heterocycles. The largest absolute Gasteiger partial charge is 0.480 e. The van der Waals surface area contributed by atoms with Gasteiger partial charge in [-0.3, -0.25) is 19.2 Å². The Balaban J connectivity index is 2.80. The van der Waals surface area contributed by atoms with Crippen LogP contribution in [0, 0.1) is 0 Å². The number of nitrogens with two attached hydrogens (primary N) is 2. The summed E-state index contributed by atoms with van der Waals surface area (Å²) in [6.45, 7) is -0.573. The molecule has 1 aliphatic rings. The first-order valence-electron chi connectivity index (χ1n) is 8.52. The van der Waals surface area contributed by atoms with Crippen molar-refractivity contribution < 1.29 is 34.2 Å². The Morgan fingerprint density at radius 3 is 2.32 bits per heavy atom. The van der Waals surface area contributed by atoms with Crippen LogP contribution in [-0.2, 0) is 24.0 Å². The van der Waals surface area contributed by atoms with Crippen LogP contribution in [0.3, 0.4) is 0 Å². The molecule has 1 aliphatic heterocycles. The minimum Gasteiger partial charge on any atom is -0.480 e. The number of carboxylic acid groups (broad SMARTS) is 1. The number of nitrogens with one attached hydrogen (secondary N) is 2. The van der Waals surface area contributed by atoms with E-state index in [0.29, 0.717) is 12.8 Å². The van der Waals surface area contributed by atoms with Gasteiger partial charge in [-0.2, -0.15) is 12.6 Å². The average molecular weight is 419 g/mol. The van der Waals surface area contributed by atoms with E-state index in [4.69, 9.17) is 21.7 Å². The molecule has 8 N–H and O–H groups in total. The van der Waals surface area contributed by atoms with Gasteiger partial charge < -0.3 is 37.2 Å². The summed E-state index contributed by atoms with van der Waals surface area (Å²) in [5.74, 6) is -4.35. The van der Waals surface area contributed by atoms with Crippen molar-refractivity contribution in [3.05, 3.63) is 0 Å². The fourth-order valence-electron chi connectivity index (χ4n) is 2.73. The lowest BCUT2D eigenvalue weighted by Crippen LogP contribution is -2.57. The minimum atomic E-state index is -1.49. The minimum absolute atomic E-state index is 0.0902. The van der Waals surface area contributed by atoms with Gasteiger partial charge in [0, 0.05) is 12.3 Å². The number of nitrogens with zero attached hydrogens (tertiary/aromatic N) is 1. The highest BCUT2D eigenvalue weighted by molar-refractivity contribution is 7.80. The van der Waals surface area contributed by atoms with Crippen LogP contribution in [0.1, 0.15) is 19.3 Å². The molecule has 0 aromatic carbocycles. The summed E-state index contributed by atoms with van der Waals surface area (Å²) >= 11 is 4.03. The molecule has 1 saturated heterocycles. The van der Waals surface area contributed by atoms with Gasteiger partial charge in [0.1, 0.15) is 18.1 Å². The van der Waals surface area contributed by atoms with E-state index in [1.807, 2.05) is 0 Å². The normalized spacial score (nSPS) is 19.4. The maximum Gasteiger partial charge on any atom is 0.328 e. The number of carbonyl (C=O) groups excluding carboxylic acids is 4. The van der Waals surface area contributed by atoms with Crippen LogP contribution in [0.15, 0.2) is 0 Å². The van der Waals surface area contributed by atoms with Crippen LogP contribution < -0.4 is 22.1 Å². The fourth-order valence-corrected chi connectivity index (χ4v) is 2.98. The molecule has 4 atom stereocenters. The number of hydrogen-bond donors (Lipinski definition) is 7. The number of aliphatic hydroxyl groups is 1. The predicted octanol–water partition coefficient (Wildman–Crippen LogP) is -3.84. The third-order valence-corrected chi connectivity index (χ3v) is 4.56. The van der Waals surface area contributed by atoms with E-state index in [1.165, 1.54) is 4.90 Å². The second-order valence-electron chi connectivity index (χ2n) is 6.29. The van der Waals surface area contributed by atoms with Crippen molar-refractivity contribution >= 4 is 42.2 Å². The molecule has 4 unspecified atom stereocenters. The number of hydrogen-bond acceptors (Lipinski definition) is 8.